The fourth-order valence-electron chi connectivity index (χ4n) is 2.11. The zero-order valence-electron chi connectivity index (χ0n) is 10.2. The highest BCUT2D eigenvalue weighted by Gasteiger charge is 2.27. The number of oxime groups is 1. The molecule has 5 N–H and O–H groups in total. The number of primary amides is 1. The highest BCUT2D eigenvalue weighted by Crippen LogP contribution is 2.11. The molecule has 1 atom stereocenters. The lowest BCUT2D eigenvalue weighted by Crippen LogP contribution is -2.56. The molecule has 2 amide bonds. The largest absolute Gasteiger partial charge is 0.409 e. The smallest absolute Gasteiger partial charge is 0.314 e. The summed E-state index contributed by atoms with van der Waals surface area (Å²) in [5.74, 6) is 0.236. The second kappa shape index (κ2) is 6.29. The molecular formula is C10H21N5O2. The van der Waals surface area contributed by atoms with Crippen molar-refractivity contribution in [2.75, 3.05) is 26.2 Å². The van der Waals surface area contributed by atoms with E-state index in [-0.39, 0.29) is 17.9 Å². The Bertz CT molecular complexity index is 286. The van der Waals surface area contributed by atoms with Gasteiger partial charge in [-0.2, -0.15) is 0 Å². The van der Waals surface area contributed by atoms with E-state index in [9.17, 15) is 4.79 Å². The number of carbonyl (C=O) groups excluding carboxylic acids is 1. The number of hydrogen-bond donors (Lipinski definition) is 3. The minimum atomic E-state index is -0.388. The Labute approximate surface area is 101 Å². The maximum Gasteiger partial charge on any atom is 0.314 e. The van der Waals surface area contributed by atoms with Gasteiger partial charge in [0.2, 0.25) is 0 Å². The lowest BCUT2D eigenvalue weighted by molar-refractivity contribution is 0.127. The molecule has 1 rings (SSSR count). The number of amidine groups is 1. The van der Waals surface area contributed by atoms with E-state index in [0.717, 1.165) is 12.8 Å². The van der Waals surface area contributed by atoms with Gasteiger partial charge in [0.15, 0.2) is 5.84 Å². The molecular weight excluding hydrogens is 222 g/mol. The molecule has 1 fully saturated rings. The number of rotatable bonds is 4. The van der Waals surface area contributed by atoms with Crippen LogP contribution in [0.5, 0.6) is 0 Å². The molecule has 17 heavy (non-hydrogen) atoms. The molecule has 1 unspecified atom stereocenters. The molecule has 7 heteroatoms. The molecule has 1 aliphatic rings. The Kier molecular flexibility index (Phi) is 5.02. The van der Waals surface area contributed by atoms with E-state index < -0.39 is 0 Å². The Morgan fingerprint density at radius 1 is 1.35 bits per heavy atom. The van der Waals surface area contributed by atoms with Crippen molar-refractivity contribution in [2.45, 2.75) is 25.8 Å². The van der Waals surface area contributed by atoms with Crippen LogP contribution < -0.4 is 11.5 Å². The molecule has 1 saturated heterocycles. The first-order valence-corrected chi connectivity index (χ1v) is 5.86. The van der Waals surface area contributed by atoms with E-state index in [0.29, 0.717) is 26.2 Å². The van der Waals surface area contributed by atoms with E-state index in [1.807, 2.05) is 0 Å². The first-order valence-electron chi connectivity index (χ1n) is 5.86. The average molecular weight is 243 g/mol. The maximum absolute atomic E-state index is 11.0. The zero-order chi connectivity index (χ0) is 12.8. The van der Waals surface area contributed by atoms with Gasteiger partial charge < -0.3 is 21.6 Å². The van der Waals surface area contributed by atoms with Crippen LogP contribution in [-0.4, -0.2) is 59.1 Å². The van der Waals surface area contributed by atoms with Crippen LogP contribution in [0.2, 0.25) is 0 Å². The number of urea groups is 1. The maximum atomic E-state index is 11.0. The summed E-state index contributed by atoms with van der Waals surface area (Å²) in [6.07, 6.45) is 1.80. The molecule has 0 bridgehead atoms. The third kappa shape index (κ3) is 3.48. The van der Waals surface area contributed by atoms with Crippen LogP contribution >= 0.6 is 0 Å². The Hall–Kier alpha value is -1.50. The second-order valence-electron chi connectivity index (χ2n) is 4.19. The number of carbonyl (C=O) groups is 1. The lowest BCUT2D eigenvalue weighted by atomic mass is 10.1. The van der Waals surface area contributed by atoms with Crippen molar-refractivity contribution in [3.8, 4) is 0 Å². The van der Waals surface area contributed by atoms with Gasteiger partial charge in [0.25, 0.3) is 0 Å². The number of piperazine rings is 1. The van der Waals surface area contributed by atoms with E-state index in [1.165, 1.54) is 0 Å². The average Bonchev–Trinajstić information content (AvgIpc) is 2.35. The number of nitrogens with zero attached hydrogens (tertiary/aromatic N) is 3. The van der Waals surface area contributed by atoms with Gasteiger partial charge in [-0.15, -0.1) is 0 Å². The predicted molar refractivity (Wildman–Crippen MR) is 64.8 cm³/mol. The summed E-state index contributed by atoms with van der Waals surface area (Å²) in [5, 5.41) is 11.8. The van der Waals surface area contributed by atoms with Crippen molar-refractivity contribution < 1.29 is 10.0 Å². The molecule has 0 radical (unpaired) electrons. The molecule has 0 spiro atoms. The number of hydrogen-bond acceptors (Lipinski definition) is 4. The Morgan fingerprint density at radius 2 is 1.94 bits per heavy atom. The number of amides is 2. The second-order valence-corrected chi connectivity index (χ2v) is 4.19. The van der Waals surface area contributed by atoms with E-state index in [1.54, 1.807) is 4.90 Å². The van der Waals surface area contributed by atoms with Gasteiger partial charge in [0.1, 0.15) is 0 Å². The minimum absolute atomic E-state index is 0.0555. The summed E-state index contributed by atoms with van der Waals surface area (Å²) < 4.78 is 0. The summed E-state index contributed by atoms with van der Waals surface area (Å²) in [6.45, 7) is 4.63. The molecule has 0 aromatic rings. The summed E-state index contributed by atoms with van der Waals surface area (Å²) in [4.78, 5) is 14.7. The van der Waals surface area contributed by atoms with Crippen molar-refractivity contribution >= 4 is 11.9 Å². The molecule has 98 valence electrons. The fraction of sp³-hybridized carbons (Fsp3) is 0.800. The van der Waals surface area contributed by atoms with Gasteiger partial charge in [-0.3, -0.25) is 4.90 Å². The van der Waals surface area contributed by atoms with Gasteiger partial charge in [-0.05, 0) is 6.42 Å². The minimum Gasteiger partial charge on any atom is -0.409 e. The Balaban J connectivity index is 2.57. The van der Waals surface area contributed by atoms with Crippen molar-refractivity contribution in [3.63, 3.8) is 0 Å². The molecule has 7 nitrogen and oxygen atoms in total. The van der Waals surface area contributed by atoms with Crippen LogP contribution in [0.1, 0.15) is 19.8 Å². The van der Waals surface area contributed by atoms with Gasteiger partial charge >= 0.3 is 6.03 Å². The molecule has 0 aromatic carbocycles. The van der Waals surface area contributed by atoms with Crippen LogP contribution in [0.25, 0.3) is 0 Å². The van der Waals surface area contributed by atoms with Crippen molar-refractivity contribution in [2.24, 2.45) is 16.6 Å². The monoisotopic (exact) mass is 243 g/mol. The summed E-state index contributed by atoms with van der Waals surface area (Å²) >= 11 is 0. The van der Waals surface area contributed by atoms with Crippen molar-refractivity contribution in [1.29, 1.82) is 0 Å². The number of nitrogens with two attached hydrogens (primary N) is 2. The van der Waals surface area contributed by atoms with Crippen LogP contribution in [0, 0.1) is 0 Å². The Morgan fingerprint density at radius 3 is 2.35 bits per heavy atom. The van der Waals surface area contributed by atoms with Crippen molar-refractivity contribution in [1.82, 2.24) is 9.80 Å². The quantitative estimate of drug-likeness (QED) is 0.270. The predicted octanol–water partition coefficient (Wildman–Crippen LogP) is -0.402. The standard InChI is InChI=1S/C10H21N5O2/c1-2-3-8(9(11)13-17)14-4-6-15(7-5-14)10(12)16/h8,17H,2-7H2,1H3,(H2,11,13)(H2,12,16). The van der Waals surface area contributed by atoms with Crippen LogP contribution in [0.4, 0.5) is 4.79 Å². The van der Waals surface area contributed by atoms with Crippen LogP contribution in [0.15, 0.2) is 5.16 Å². The van der Waals surface area contributed by atoms with E-state index in [2.05, 4.69) is 17.0 Å². The van der Waals surface area contributed by atoms with Crippen LogP contribution in [-0.2, 0) is 0 Å². The molecule has 0 saturated carbocycles. The molecule has 0 aliphatic carbocycles. The van der Waals surface area contributed by atoms with Gasteiger partial charge in [0, 0.05) is 26.2 Å². The van der Waals surface area contributed by atoms with Crippen molar-refractivity contribution in [3.05, 3.63) is 0 Å². The highest BCUT2D eigenvalue weighted by atomic mass is 16.4. The topological polar surface area (TPSA) is 108 Å². The summed E-state index contributed by atoms with van der Waals surface area (Å²) in [7, 11) is 0. The summed E-state index contributed by atoms with van der Waals surface area (Å²) in [5.41, 5.74) is 10.9. The SMILES string of the molecule is CCCC(C(N)=NO)N1CCN(C(N)=O)CC1. The third-order valence-electron chi connectivity index (χ3n) is 3.09. The fourth-order valence-corrected chi connectivity index (χ4v) is 2.11. The first kappa shape index (κ1) is 13.6. The van der Waals surface area contributed by atoms with Gasteiger partial charge in [0.05, 0.1) is 6.04 Å². The molecule has 1 aliphatic heterocycles. The van der Waals surface area contributed by atoms with E-state index in [4.69, 9.17) is 16.7 Å². The highest BCUT2D eigenvalue weighted by molar-refractivity contribution is 5.85. The molecule has 0 aromatic heterocycles. The van der Waals surface area contributed by atoms with Gasteiger partial charge in [-0.25, -0.2) is 4.79 Å². The normalized spacial score (nSPS) is 20.3. The van der Waals surface area contributed by atoms with Gasteiger partial charge in [-0.1, -0.05) is 18.5 Å². The van der Waals surface area contributed by atoms with E-state index >= 15 is 0 Å². The third-order valence-corrected chi connectivity index (χ3v) is 3.09. The molecule has 1 heterocycles. The summed E-state index contributed by atoms with van der Waals surface area (Å²) in [6, 6.07) is -0.444. The van der Waals surface area contributed by atoms with Crippen LogP contribution in [0.3, 0.4) is 0 Å². The lowest BCUT2D eigenvalue weighted by Gasteiger charge is -2.38. The zero-order valence-corrected chi connectivity index (χ0v) is 10.2. The first-order chi connectivity index (χ1) is 8.10.